The molecule has 0 atom stereocenters. The van der Waals surface area contributed by atoms with Crippen molar-refractivity contribution in [2.75, 3.05) is 4.72 Å². The molecule has 0 saturated heterocycles. The van der Waals surface area contributed by atoms with E-state index in [9.17, 15) is 23.4 Å². The Morgan fingerprint density at radius 1 is 0.811 bits per heavy atom. The molecule has 0 radical (unpaired) electrons. The second kappa shape index (κ2) is 9.64. The molecule has 0 aliphatic carbocycles. The highest BCUT2D eigenvalue weighted by Crippen LogP contribution is 2.40. The van der Waals surface area contributed by atoms with Crippen LogP contribution >= 0.6 is 15.9 Å². The van der Waals surface area contributed by atoms with Gasteiger partial charge in [0.1, 0.15) is 11.4 Å². The van der Waals surface area contributed by atoms with Gasteiger partial charge >= 0.3 is 0 Å². The first kappa shape index (κ1) is 24.4. The number of rotatable bonds is 5. The molecule has 0 aliphatic heterocycles. The zero-order valence-electron chi connectivity index (χ0n) is 19.0. The van der Waals surface area contributed by atoms with Crippen molar-refractivity contribution in [3.05, 3.63) is 101 Å². The summed E-state index contributed by atoms with van der Waals surface area (Å²) < 4.78 is 29.3. The van der Waals surface area contributed by atoms with E-state index in [0.717, 1.165) is 9.86 Å². The Balaban J connectivity index is 1.53. The molecule has 8 nitrogen and oxygen atoms in total. The van der Waals surface area contributed by atoms with Crippen molar-refractivity contribution < 1.29 is 23.4 Å². The number of benzene rings is 5. The van der Waals surface area contributed by atoms with Crippen molar-refractivity contribution in [2.24, 2.45) is 10.2 Å². The smallest absolute Gasteiger partial charge is 0.295 e. The lowest BCUT2D eigenvalue weighted by atomic mass is 10.1. The maximum atomic E-state index is 13.0. The van der Waals surface area contributed by atoms with Crippen LogP contribution in [0.5, 0.6) is 11.5 Å². The average Bonchev–Trinajstić information content (AvgIpc) is 2.89. The number of anilines is 1. The molecule has 0 heterocycles. The summed E-state index contributed by atoms with van der Waals surface area (Å²) in [7, 11) is -3.97. The summed E-state index contributed by atoms with van der Waals surface area (Å²) in [6, 6.07) is 23.9. The molecule has 0 unspecified atom stereocenters. The van der Waals surface area contributed by atoms with Gasteiger partial charge in [0.15, 0.2) is 5.75 Å². The summed E-state index contributed by atoms with van der Waals surface area (Å²) in [5.41, 5.74) is 0.256. The Labute approximate surface area is 220 Å². The molecule has 3 N–H and O–H groups in total. The molecule has 0 bridgehead atoms. The fourth-order valence-corrected chi connectivity index (χ4v) is 5.20. The Morgan fingerprint density at radius 2 is 1.54 bits per heavy atom. The van der Waals surface area contributed by atoms with Crippen LogP contribution < -0.4 is 4.72 Å². The van der Waals surface area contributed by atoms with Gasteiger partial charge in [0, 0.05) is 26.2 Å². The van der Waals surface area contributed by atoms with E-state index in [-0.39, 0.29) is 33.3 Å². The van der Waals surface area contributed by atoms with Gasteiger partial charge in [-0.3, -0.25) is 9.52 Å². The van der Waals surface area contributed by atoms with Crippen LogP contribution in [0, 0.1) is 0 Å². The van der Waals surface area contributed by atoms with Gasteiger partial charge in [0.25, 0.3) is 15.9 Å². The van der Waals surface area contributed by atoms with Crippen molar-refractivity contribution in [2.45, 2.75) is 4.90 Å². The molecular weight excluding hydrogens is 558 g/mol. The lowest BCUT2D eigenvalue weighted by Crippen LogP contribution is -2.13. The summed E-state index contributed by atoms with van der Waals surface area (Å²) in [6.07, 6.45) is 0. The normalized spacial score (nSPS) is 11.8. The van der Waals surface area contributed by atoms with Gasteiger partial charge in [-0.15, -0.1) is 10.2 Å². The standard InChI is InChI=1S/C27H18BrN3O5S/c28-18-10-12-19(13-11-18)37(35,36)31-23-15-24(26(33)21-6-2-1-5-20(21)23)29-30-27(34)17-9-8-16-4-3-7-25(32)22(16)14-17/h1-15,31-33H. The first-order chi connectivity index (χ1) is 17.7. The van der Waals surface area contributed by atoms with Crippen LogP contribution in [0.25, 0.3) is 21.5 Å². The highest BCUT2D eigenvalue weighted by molar-refractivity contribution is 9.10. The minimum atomic E-state index is -3.97. The molecule has 5 aromatic rings. The van der Waals surface area contributed by atoms with Gasteiger partial charge < -0.3 is 10.2 Å². The first-order valence-electron chi connectivity index (χ1n) is 10.9. The van der Waals surface area contributed by atoms with Crippen LogP contribution in [-0.2, 0) is 10.0 Å². The van der Waals surface area contributed by atoms with Crippen molar-refractivity contribution >= 4 is 64.8 Å². The minimum Gasteiger partial charge on any atom is -0.507 e. The number of nitrogens with zero attached hydrogens (tertiary/aromatic N) is 2. The predicted octanol–water partition coefficient (Wildman–Crippen LogP) is 6.89. The van der Waals surface area contributed by atoms with Crippen LogP contribution in [0.1, 0.15) is 10.4 Å². The highest BCUT2D eigenvalue weighted by atomic mass is 79.9. The quantitative estimate of drug-likeness (QED) is 0.155. The first-order valence-corrected chi connectivity index (χ1v) is 13.2. The molecule has 5 aromatic carbocycles. The summed E-state index contributed by atoms with van der Waals surface area (Å²) in [4.78, 5) is 12.8. The SMILES string of the molecule is O=C(N=Nc1cc(NS(=O)(=O)c2ccc(Br)cc2)c2ccccc2c1O)c1ccc2cccc(O)c2c1. The Kier molecular flexibility index (Phi) is 6.36. The number of azo groups is 1. The fraction of sp³-hybridized carbons (Fsp3) is 0. The molecule has 0 saturated carbocycles. The zero-order chi connectivity index (χ0) is 26.2. The van der Waals surface area contributed by atoms with E-state index in [4.69, 9.17) is 0 Å². The maximum Gasteiger partial charge on any atom is 0.295 e. The molecule has 10 heteroatoms. The van der Waals surface area contributed by atoms with Gasteiger partial charge in [-0.05, 0) is 53.9 Å². The van der Waals surface area contributed by atoms with Crippen molar-refractivity contribution in [1.82, 2.24) is 0 Å². The number of fused-ring (bicyclic) bond motifs is 2. The van der Waals surface area contributed by atoms with E-state index in [2.05, 4.69) is 30.9 Å². The third-order valence-corrected chi connectivity index (χ3v) is 7.63. The number of phenolic OH excluding ortho intramolecular Hbond substituents is 2. The van der Waals surface area contributed by atoms with Gasteiger partial charge in [0.2, 0.25) is 0 Å². The van der Waals surface area contributed by atoms with E-state index in [1.165, 1.54) is 30.3 Å². The van der Waals surface area contributed by atoms with Gasteiger partial charge in [-0.25, -0.2) is 8.42 Å². The molecule has 37 heavy (non-hydrogen) atoms. The second-order valence-corrected chi connectivity index (χ2v) is 10.7. The molecule has 184 valence electrons. The van der Waals surface area contributed by atoms with E-state index < -0.39 is 15.9 Å². The molecular formula is C27H18BrN3O5S. The Hall–Kier alpha value is -4.28. The number of hydrogen-bond acceptors (Lipinski definition) is 6. The van der Waals surface area contributed by atoms with E-state index in [1.807, 2.05) is 0 Å². The largest absolute Gasteiger partial charge is 0.507 e. The van der Waals surface area contributed by atoms with Crippen LogP contribution in [0.3, 0.4) is 0 Å². The lowest BCUT2D eigenvalue weighted by molar-refractivity contribution is 0.0995. The van der Waals surface area contributed by atoms with Crippen LogP contribution in [0.4, 0.5) is 11.4 Å². The third kappa shape index (κ3) is 4.89. The van der Waals surface area contributed by atoms with Crippen molar-refractivity contribution in [3.8, 4) is 11.5 Å². The number of hydrogen-bond donors (Lipinski definition) is 3. The molecule has 5 rings (SSSR count). The van der Waals surface area contributed by atoms with Crippen molar-refractivity contribution in [3.63, 3.8) is 0 Å². The fourth-order valence-electron chi connectivity index (χ4n) is 3.87. The number of carbonyl (C=O) groups is 1. The van der Waals surface area contributed by atoms with E-state index in [1.54, 1.807) is 60.7 Å². The number of nitrogens with one attached hydrogen (secondary N) is 1. The summed E-state index contributed by atoms with van der Waals surface area (Å²) in [5.74, 6) is -0.927. The predicted molar refractivity (Wildman–Crippen MR) is 145 cm³/mol. The topological polar surface area (TPSA) is 128 Å². The number of halogens is 1. The minimum absolute atomic E-state index is 0.0268. The molecule has 0 aliphatic rings. The summed E-state index contributed by atoms with van der Waals surface area (Å²) >= 11 is 3.28. The van der Waals surface area contributed by atoms with Crippen LogP contribution in [-0.4, -0.2) is 24.5 Å². The molecule has 0 spiro atoms. The van der Waals surface area contributed by atoms with Crippen LogP contribution in [0.2, 0.25) is 0 Å². The lowest BCUT2D eigenvalue weighted by Gasteiger charge is -2.13. The third-order valence-electron chi connectivity index (χ3n) is 5.72. The number of amides is 1. The summed E-state index contributed by atoms with van der Waals surface area (Å²) in [5, 5.41) is 30.6. The van der Waals surface area contributed by atoms with E-state index >= 15 is 0 Å². The Morgan fingerprint density at radius 3 is 2.30 bits per heavy atom. The highest BCUT2D eigenvalue weighted by Gasteiger charge is 2.19. The van der Waals surface area contributed by atoms with Gasteiger partial charge in [-0.1, -0.05) is 58.4 Å². The number of sulfonamides is 1. The molecule has 0 aromatic heterocycles. The summed E-state index contributed by atoms with van der Waals surface area (Å²) in [6.45, 7) is 0. The van der Waals surface area contributed by atoms with Gasteiger partial charge in [-0.2, -0.15) is 0 Å². The van der Waals surface area contributed by atoms with Gasteiger partial charge in [0.05, 0.1) is 10.6 Å². The monoisotopic (exact) mass is 575 g/mol. The maximum absolute atomic E-state index is 13.0. The van der Waals surface area contributed by atoms with Crippen molar-refractivity contribution in [1.29, 1.82) is 0 Å². The average molecular weight is 576 g/mol. The Bertz CT molecular complexity index is 1820. The molecule has 1 amide bonds. The van der Waals surface area contributed by atoms with Crippen LogP contribution in [0.15, 0.2) is 111 Å². The molecule has 0 fully saturated rings. The number of phenols is 2. The number of aromatic hydroxyl groups is 2. The second-order valence-electron chi connectivity index (χ2n) is 8.12. The van der Waals surface area contributed by atoms with E-state index in [0.29, 0.717) is 16.2 Å². The zero-order valence-corrected chi connectivity index (χ0v) is 21.4. The number of carbonyl (C=O) groups excluding carboxylic acids is 1.